The van der Waals surface area contributed by atoms with Crippen LogP contribution in [0.25, 0.3) is 0 Å². The Bertz CT molecular complexity index is 465. The van der Waals surface area contributed by atoms with E-state index in [-0.39, 0.29) is 17.9 Å². The van der Waals surface area contributed by atoms with E-state index in [0.29, 0.717) is 25.6 Å². The van der Waals surface area contributed by atoms with Crippen LogP contribution in [0.5, 0.6) is 0 Å². The second kappa shape index (κ2) is 6.10. The van der Waals surface area contributed by atoms with Crippen LogP contribution in [-0.2, 0) is 16.0 Å². The molecule has 0 aromatic heterocycles. The highest BCUT2D eigenvalue weighted by Gasteiger charge is 2.26. The zero-order chi connectivity index (χ0) is 13.8. The molecule has 1 fully saturated rings. The number of nitrogens with zero attached hydrogens (tertiary/aromatic N) is 1. The van der Waals surface area contributed by atoms with Crippen molar-refractivity contribution < 1.29 is 18.3 Å². The van der Waals surface area contributed by atoms with Crippen LogP contribution >= 0.6 is 0 Å². The van der Waals surface area contributed by atoms with Crippen LogP contribution < -0.4 is 0 Å². The average molecular weight is 269 g/mol. The third-order valence-electron chi connectivity index (χ3n) is 3.41. The second-order valence-electron chi connectivity index (χ2n) is 4.84. The molecule has 0 unspecified atom stereocenters. The molecular formula is C14H17F2NO2. The molecule has 0 N–H and O–H groups in total. The van der Waals surface area contributed by atoms with Crippen molar-refractivity contribution >= 4 is 5.91 Å². The Morgan fingerprint density at radius 2 is 2.26 bits per heavy atom. The number of hydrogen-bond acceptors (Lipinski definition) is 2. The first-order chi connectivity index (χ1) is 9.11. The van der Waals surface area contributed by atoms with E-state index in [9.17, 15) is 13.6 Å². The molecule has 0 radical (unpaired) electrons. The topological polar surface area (TPSA) is 29.5 Å². The van der Waals surface area contributed by atoms with Gasteiger partial charge < -0.3 is 9.64 Å². The summed E-state index contributed by atoms with van der Waals surface area (Å²) in [6.45, 7) is 1.91. The maximum absolute atomic E-state index is 13.5. The van der Waals surface area contributed by atoms with E-state index in [1.54, 1.807) is 12.0 Å². The average Bonchev–Trinajstić information content (AvgIpc) is 2.84. The summed E-state index contributed by atoms with van der Waals surface area (Å²) < 4.78 is 31.6. The van der Waals surface area contributed by atoms with Crippen LogP contribution in [-0.4, -0.2) is 37.6 Å². The van der Waals surface area contributed by atoms with E-state index in [1.807, 2.05) is 0 Å². The number of amides is 1. The molecule has 1 aromatic carbocycles. The maximum atomic E-state index is 13.5. The summed E-state index contributed by atoms with van der Waals surface area (Å²) in [7, 11) is 1.63. The van der Waals surface area contributed by atoms with Gasteiger partial charge in [-0.25, -0.2) is 8.78 Å². The number of carbonyl (C=O) groups excluding carboxylic acids is 1. The molecule has 1 aromatic rings. The predicted molar refractivity (Wildman–Crippen MR) is 66.6 cm³/mol. The second-order valence-corrected chi connectivity index (χ2v) is 4.84. The Labute approximate surface area is 111 Å². The number of hydrogen-bond donors (Lipinski definition) is 0. The first kappa shape index (κ1) is 13.9. The number of halogens is 2. The lowest BCUT2D eigenvalue weighted by Gasteiger charge is -2.16. The van der Waals surface area contributed by atoms with Crippen LogP contribution in [0.3, 0.4) is 0 Å². The minimum Gasteiger partial charge on any atom is -0.384 e. The highest BCUT2D eigenvalue weighted by atomic mass is 19.2. The smallest absolute Gasteiger partial charge is 0.227 e. The summed E-state index contributed by atoms with van der Waals surface area (Å²) in [5.74, 6) is -1.66. The fourth-order valence-electron chi connectivity index (χ4n) is 2.39. The number of ether oxygens (including phenoxy) is 1. The Morgan fingerprint density at radius 3 is 3.00 bits per heavy atom. The van der Waals surface area contributed by atoms with Crippen molar-refractivity contribution in [1.82, 2.24) is 4.90 Å². The van der Waals surface area contributed by atoms with Crippen molar-refractivity contribution in [3.63, 3.8) is 0 Å². The summed E-state index contributed by atoms with van der Waals surface area (Å²) in [5.41, 5.74) is 0.111. The van der Waals surface area contributed by atoms with Gasteiger partial charge >= 0.3 is 0 Å². The summed E-state index contributed by atoms with van der Waals surface area (Å²) in [4.78, 5) is 13.7. The van der Waals surface area contributed by atoms with Gasteiger partial charge in [0.15, 0.2) is 11.6 Å². The van der Waals surface area contributed by atoms with Crippen molar-refractivity contribution in [2.24, 2.45) is 5.92 Å². The molecule has 0 bridgehead atoms. The highest BCUT2D eigenvalue weighted by molar-refractivity contribution is 5.79. The van der Waals surface area contributed by atoms with E-state index < -0.39 is 11.6 Å². The normalized spacial score (nSPS) is 18.9. The fourth-order valence-corrected chi connectivity index (χ4v) is 2.39. The van der Waals surface area contributed by atoms with Gasteiger partial charge in [-0.15, -0.1) is 0 Å². The van der Waals surface area contributed by atoms with Crippen molar-refractivity contribution in [2.45, 2.75) is 12.8 Å². The lowest BCUT2D eigenvalue weighted by molar-refractivity contribution is -0.129. The van der Waals surface area contributed by atoms with E-state index in [4.69, 9.17) is 4.74 Å². The monoisotopic (exact) mass is 269 g/mol. The van der Waals surface area contributed by atoms with Gasteiger partial charge in [0.1, 0.15) is 0 Å². The Morgan fingerprint density at radius 1 is 1.47 bits per heavy atom. The quantitative estimate of drug-likeness (QED) is 0.836. The van der Waals surface area contributed by atoms with Gasteiger partial charge in [-0.1, -0.05) is 12.1 Å². The van der Waals surface area contributed by atoms with E-state index in [0.717, 1.165) is 12.5 Å². The first-order valence-electron chi connectivity index (χ1n) is 6.31. The Kier molecular flexibility index (Phi) is 4.47. The van der Waals surface area contributed by atoms with Crippen LogP contribution in [0.15, 0.2) is 18.2 Å². The van der Waals surface area contributed by atoms with Gasteiger partial charge in [-0.3, -0.25) is 4.79 Å². The minimum absolute atomic E-state index is 0.0940. The van der Waals surface area contributed by atoms with Crippen LogP contribution in [0.4, 0.5) is 8.78 Å². The lowest BCUT2D eigenvalue weighted by atomic mass is 10.1. The van der Waals surface area contributed by atoms with Gasteiger partial charge in [0.05, 0.1) is 13.0 Å². The van der Waals surface area contributed by atoms with E-state index in [1.165, 1.54) is 12.1 Å². The molecule has 1 saturated heterocycles. The zero-order valence-electron chi connectivity index (χ0n) is 10.9. The maximum Gasteiger partial charge on any atom is 0.227 e. The standard InChI is InChI=1S/C14H17F2NO2/c1-19-9-10-5-6-17(8-10)13(18)7-11-3-2-4-12(15)14(11)16/h2-4,10H,5-9H2,1H3/t10-/m1/s1. The number of likely N-dealkylation sites (tertiary alicyclic amines) is 1. The molecule has 0 aliphatic carbocycles. The van der Waals surface area contributed by atoms with Crippen molar-refractivity contribution in [2.75, 3.05) is 26.8 Å². The molecule has 5 heteroatoms. The fraction of sp³-hybridized carbons (Fsp3) is 0.500. The molecule has 3 nitrogen and oxygen atoms in total. The molecule has 0 spiro atoms. The number of benzene rings is 1. The van der Waals surface area contributed by atoms with Crippen LogP contribution in [0.2, 0.25) is 0 Å². The van der Waals surface area contributed by atoms with Crippen molar-refractivity contribution in [3.8, 4) is 0 Å². The lowest BCUT2D eigenvalue weighted by Crippen LogP contribution is -2.30. The van der Waals surface area contributed by atoms with Gasteiger partial charge in [-0.2, -0.15) is 0 Å². The van der Waals surface area contributed by atoms with Crippen molar-refractivity contribution in [3.05, 3.63) is 35.4 Å². The van der Waals surface area contributed by atoms with Crippen LogP contribution in [0.1, 0.15) is 12.0 Å². The first-order valence-corrected chi connectivity index (χ1v) is 6.31. The zero-order valence-corrected chi connectivity index (χ0v) is 10.9. The molecule has 2 rings (SSSR count). The largest absolute Gasteiger partial charge is 0.384 e. The summed E-state index contributed by atoms with van der Waals surface area (Å²) in [5, 5.41) is 0. The van der Waals surface area contributed by atoms with E-state index >= 15 is 0 Å². The van der Waals surface area contributed by atoms with Crippen molar-refractivity contribution in [1.29, 1.82) is 0 Å². The summed E-state index contributed by atoms with van der Waals surface area (Å²) >= 11 is 0. The summed E-state index contributed by atoms with van der Waals surface area (Å²) in [6, 6.07) is 3.91. The molecule has 1 aliphatic heterocycles. The highest BCUT2D eigenvalue weighted by Crippen LogP contribution is 2.19. The predicted octanol–water partition coefficient (Wildman–Crippen LogP) is 2.00. The molecule has 0 saturated carbocycles. The molecule has 1 heterocycles. The Hall–Kier alpha value is -1.49. The van der Waals surface area contributed by atoms with Gasteiger partial charge in [0, 0.05) is 31.7 Å². The number of rotatable bonds is 4. The minimum atomic E-state index is -0.927. The molecule has 1 atom stereocenters. The molecule has 19 heavy (non-hydrogen) atoms. The van der Waals surface area contributed by atoms with Crippen LogP contribution in [0, 0.1) is 17.6 Å². The molecule has 1 aliphatic rings. The number of carbonyl (C=O) groups is 1. The third kappa shape index (κ3) is 3.29. The SMILES string of the molecule is COC[C@@H]1CCN(C(=O)Cc2cccc(F)c2F)C1. The number of methoxy groups -OCH3 is 1. The Balaban J connectivity index is 1.96. The molecule has 104 valence electrons. The molecule has 1 amide bonds. The van der Waals surface area contributed by atoms with Gasteiger partial charge in [-0.05, 0) is 12.5 Å². The van der Waals surface area contributed by atoms with Gasteiger partial charge in [0.25, 0.3) is 0 Å². The third-order valence-corrected chi connectivity index (χ3v) is 3.41. The van der Waals surface area contributed by atoms with Gasteiger partial charge in [0.2, 0.25) is 5.91 Å². The van der Waals surface area contributed by atoms with E-state index in [2.05, 4.69) is 0 Å². The molecular weight excluding hydrogens is 252 g/mol. The summed E-state index contributed by atoms with van der Waals surface area (Å²) in [6.07, 6.45) is 0.800.